The van der Waals surface area contributed by atoms with Crippen LogP contribution in [0.2, 0.25) is 19.6 Å². The Morgan fingerprint density at radius 1 is 1.00 bits per heavy atom. The van der Waals surface area contributed by atoms with E-state index in [4.69, 9.17) is 0 Å². The van der Waals surface area contributed by atoms with Crippen LogP contribution in [-0.2, 0) is 0 Å². The number of hydrogen-bond acceptors (Lipinski definition) is 0. The second-order valence-corrected chi connectivity index (χ2v) is 65.8. The van der Waals surface area contributed by atoms with E-state index in [1.807, 2.05) is 0 Å². The largest absolute Gasteiger partial charge is 0.0721 e. The van der Waals surface area contributed by atoms with Crippen LogP contribution in [0.15, 0.2) is 0 Å². The molecule has 1 saturated heterocycles. The minimum atomic E-state index is -0.392. The van der Waals surface area contributed by atoms with Gasteiger partial charge in [-0.05, 0) is 34.2 Å². The highest BCUT2D eigenvalue weighted by atomic mass is 30.2. The molecular weight excluding hydrogens is 205 g/mol. The highest BCUT2D eigenvalue weighted by molar-refractivity contribution is 7.92. The third-order valence-electron chi connectivity index (χ3n) is 2.58. The second kappa shape index (κ2) is 3.13. The van der Waals surface area contributed by atoms with Gasteiger partial charge in [-0.3, -0.25) is 0 Å². The van der Waals surface area contributed by atoms with Crippen LogP contribution in [0.3, 0.4) is 0 Å². The van der Waals surface area contributed by atoms with E-state index >= 15 is 0 Å². The van der Waals surface area contributed by atoms with Crippen molar-refractivity contribution in [1.82, 2.24) is 0 Å². The number of rotatable bonds is 1. The van der Waals surface area contributed by atoms with Gasteiger partial charge in [0.2, 0.25) is 0 Å². The molecule has 0 atom stereocenters. The molecule has 0 N–H and O–H groups in total. The standard InChI is InChI=1S/C3H18Si6/c1-9(2,3)8-6-4-5-7-8/h8H,4-7H2,1-3H3. The average Bonchev–Trinajstić information content (AvgIpc) is 2.08. The predicted octanol–water partition coefficient (Wildman–Crippen LogP) is -2.94. The van der Waals surface area contributed by atoms with Crippen LogP contribution in [0.25, 0.3) is 0 Å². The Hall–Kier alpha value is 1.30. The van der Waals surface area contributed by atoms with E-state index in [-0.39, 0.29) is 7.35 Å². The summed E-state index contributed by atoms with van der Waals surface area (Å²) in [6, 6.07) is 0. The van der Waals surface area contributed by atoms with Crippen LogP contribution >= 0.6 is 0 Å². The monoisotopic (exact) mass is 222 g/mol. The van der Waals surface area contributed by atoms with Crippen molar-refractivity contribution in [2.45, 2.75) is 19.6 Å². The third kappa shape index (κ3) is 2.42. The van der Waals surface area contributed by atoms with Crippen molar-refractivity contribution >= 4 is 49.2 Å². The molecular formula is C3H18Si6. The maximum Gasteiger partial charge on any atom is 0.0281 e. The highest BCUT2D eigenvalue weighted by Gasteiger charge is 2.30. The molecule has 0 saturated carbocycles. The Morgan fingerprint density at radius 3 is 1.67 bits per heavy atom. The lowest BCUT2D eigenvalue weighted by atomic mass is 11.8. The van der Waals surface area contributed by atoms with Gasteiger partial charge in [0.25, 0.3) is 0 Å². The molecule has 1 aliphatic heterocycles. The maximum atomic E-state index is 2.68. The van der Waals surface area contributed by atoms with E-state index in [0.29, 0.717) is 0 Å². The minimum absolute atomic E-state index is 0.271. The molecule has 0 nitrogen and oxygen atoms in total. The van der Waals surface area contributed by atoms with Crippen molar-refractivity contribution in [2.24, 2.45) is 0 Å². The molecule has 1 fully saturated rings. The van der Waals surface area contributed by atoms with Crippen molar-refractivity contribution < 1.29 is 0 Å². The van der Waals surface area contributed by atoms with Crippen LogP contribution in [0.1, 0.15) is 0 Å². The first-order valence-electron chi connectivity index (χ1n) is 4.11. The van der Waals surface area contributed by atoms with Crippen LogP contribution in [0, 0.1) is 0 Å². The lowest BCUT2D eigenvalue weighted by Gasteiger charge is -2.22. The summed E-state index contributed by atoms with van der Waals surface area (Å²) in [5, 5.41) is 0. The van der Waals surface area contributed by atoms with Gasteiger partial charge < -0.3 is 0 Å². The van der Waals surface area contributed by atoms with Crippen molar-refractivity contribution in [3.63, 3.8) is 0 Å². The molecule has 0 bridgehead atoms. The topological polar surface area (TPSA) is 0 Å². The fourth-order valence-electron chi connectivity index (χ4n) is 1.79. The summed E-state index contributed by atoms with van der Waals surface area (Å²) in [5.74, 6) is 0. The molecule has 0 unspecified atom stereocenters. The fraction of sp³-hybridized carbons (Fsp3) is 1.00. The molecule has 1 heterocycles. The molecule has 6 heteroatoms. The van der Waals surface area contributed by atoms with Gasteiger partial charge >= 0.3 is 0 Å². The molecule has 0 aromatic carbocycles. The molecule has 1 aliphatic rings. The number of hydrogen-bond donors (Lipinski definition) is 0. The maximum absolute atomic E-state index is 2.68. The van der Waals surface area contributed by atoms with E-state index in [1.54, 1.807) is 0 Å². The van der Waals surface area contributed by atoms with E-state index in [2.05, 4.69) is 19.6 Å². The quantitative estimate of drug-likeness (QED) is 0.417. The first-order chi connectivity index (χ1) is 4.11. The molecule has 54 valence electrons. The highest BCUT2D eigenvalue weighted by Crippen LogP contribution is 2.05. The van der Waals surface area contributed by atoms with E-state index in [9.17, 15) is 0 Å². The fourth-order valence-corrected chi connectivity index (χ4v) is 295. The van der Waals surface area contributed by atoms with Gasteiger partial charge in [0.15, 0.2) is 0 Å². The summed E-state index contributed by atoms with van der Waals surface area (Å²) >= 11 is 0. The molecule has 1 rings (SSSR count). The first kappa shape index (κ1) is 8.40. The summed E-state index contributed by atoms with van der Waals surface area (Å²) in [5.41, 5.74) is 0. The summed E-state index contributed by atoms with van der Waals surface area (Å²) in [4.78, 5) is 0. The van der Waals surface area contributed by atoms with Gasteiger partial charge in [-0.15, -0.1) is 0 Å². The molecule has 9 heavy (non-hydrogen) atoms. The predicted molar refractivity (Wildman–Crippen MR) is 64.7 cm³/mol. The van der Waals surface area contributed by atoms with Gasteiger partial charge in [0.05, 0.1) is 0 Å². The SMILES string of the molecule is C[Si](C)(C)[SiH]1[SiH2][SiH2][SiH2][SiH2]1. The van der Waals surface area contributed by atoms with Crippen molar-refractivity contribution in [3.05, 3.63) is 0 Å². The van der Waals surface area contributed by atoms with Gasteiger partial charge in [-0.2, -0.15) is 0 Å². The molecule has 0 aliphatic carbocycles. The Morgan fingerprint density at radius 2 is 1.44 bits per heavy atom. The summed E-state index contributed by atoms with van der Waals surface area (Å²) in [6.45, 7) is 8.04. The zero-order valence-electron chi connectivity index (χ0n) is 6.91. The normalized spacial score (nSPS) is 39.7. The Kier molecular flexibility index (Phi) is 2.92. The van der Waals surface area contributed by atoms with E-state index < -0.39 is 7.59 Å². The second-order valence-electron chi connectivity index (χ2n) is 4.35. The van der Waals surface area contributed by atoms with Crippen LogP contribution in [0.5, 0.6) is 0 Å². The van der Waals surface area contributed by atoms with E-state index in [1.165, 1.54) is 0 Å². The molecule has 0 spiro atoms. The van der Waals surface area contributed by atoms with Gasteiger partial charge in [-0.1, -0.05) is 19.6 Å². The Balaban J connectivity index is 2.42. The Bertz CT molecular complexity index is 89.0. The Labute approximate surface area is 68.9 Å². The van der Waals surface area contributed by atoms with Gasteiger partial charge in [-0.25, -0.2) is 0 Å². The lowest BCUT2D eigenvalue weighted by Crippen LogP contribution is -2.49. The van der Waals surface area contributed by atoms with Crippen molar-refractivity contribution in [3.8, 4) is 0 Å². The minimum Gasteiger partial charge on any atom is -0.0721 e. The molecule has 0 aromatic rings. The van der Waals surface area contributed by atoms with Crippen LogP contribution in [-0.4, -0.2) is 49.2 Å². The smallest absolute Gasteiger partial charge is 0.0281 e. The first-order valence-corrected chi connectivity index (χ1v) is 27.9. The van der Waals surface area contributed by atoms with Crippen molar-refractivity contribution in [2.75, 3.05) is 0 Å². The lowest BCUT2D eigenvalue weighted by molar-refractivity contribution is 1.86. The zero-order valence-corrected chi connectivity index (χ0v) is 14.7. The molecule has 0 radical (unpaired) electrons. The average molecular weight is 223 g/mol. The van der Waals surface area contributed by atoms with Crippen LogP contribution in [0.4, 0.5) is 0 Å². The van der Waals surface area contributed by atoms with Gasteiger partial charge in [0, 0.05) is 14.9 Å². The zero-order chi connectivity index (χ0) is 6.91. The van der Waals surface area contributed by atoms with Gasteiger partial charge in [0.1, 0.15) is 0 Å². The van der Waals surface area contributed by atoms with E-state index in [0.717, 1.165) is 34.2 Å². The van der Waals surface area contributed by atoms with Crippen LogP contribution < -0.4 is 0 Å². The third-order valence-corrected chi connectivity index (χ3v) is 143. The van der Waals surface area contributed by atoms with Crippen molar-refractivity contribution in [1.29, 1.82) is 0 Å². The molecule has 0 aromatic heterocycles. The summed E-state index contributed by atoms with van der Waals surface area (Å²) in [7, 11) is 3.21. The summed E-state index contributed by atoms with van der Waals surface area (Å²) in [6.07, 6.45) is 0. The summed E-state index contributed by atoms with van der Waals surface area (Å²) < 4.78 is 0. The molecule has 0 amide bonds.